The van der Waals surface area contributed by atoms with Crippen LogP contribution in [0.1, 0.15) is 24.5 Å². The van der Waals surface area contributed by atoms with Crippen LogP contribution in [0.15, 0.2) is 42.9 Å². The highest BCUT2D eigenvalue weighted by Gasteiger charge is 2.10. The topological polar surface area (TPSA) is 83.3 Å². The van der Waals surface area contributed by atoms with Gasteiger partial charge in [-0.2, -0.15) is 0 Å². The van der Waals surface area contributed by atoms with E-state index in [-0.39, 0.29) is 12.8 Å². The summed E-state index contributed by atoms with van der Waals surface area (Å²) >= 11 is 0. The molecule has 2 aromatic rings. The van der Waals surface area contributed by atoms with Gasteiger partial charge in [-0.05, 0) is 12.0 Å². The zero-order valence-electron chi connectivity index (χ0n) is 10.2. The molecule has 2 rings (SSSR count). The van der Waals surface area contributed by atoms with Crippen LogP contribution in [-0.2, 0) is 4.79 Å². The molecule has 1 heterocycles. The fourth-order valence-electron chi connectivity index (χ4n) is 1.75. The van der Waals surface area contributed by atoms with E-state index in [0.717, 1.165) is 11.3 Å². The number of rotatable bonds is 5. The molecule has 0 aliphatic rings. The van der Waals surface area contributed by atoms with Gasteiger partial charge in [0, 0.05) is 24.4 Å². The summed E-state index contributed by atoms with van der Waals surface area (Å²) in [6, 6.07) is 7.22. The van der Waals surface area contributed by atoms with Gasteiger partial charge in [0.1, 0.15) is 0 Å². The van der Waals surface area contributed by atoms with Gasteiger partial charge in [-0.25, -0.2) is 0 Å². The number of aliphatic hydroxyl groups excluding tert-OH is 1. The molecule has 0 bridgehead atoms. The first kappa shape index (κ1) is 13.2. The van der Waals surface area contributed by atoms with Gasteiger partial charge in [-0.15, -0.1) is 0 Å². The average Bonchev–Trinajstić information content (AvgIpc) is 2.46. The van der Waals surface area contributed by atoms with Crippen LogP contribution in [-0.4, -0.2) is 26.2 Å². The van der Waals surface area contributed by atoms with Gasteiger partial charge in [0.15, 0.2) is 0 Å². The first-order valence-electron chi connectivity index (χ1n) is 5.93. The SMILES string of the molecule is O=C(O)CCC(O)c1ccc(-c2cnccn2)cc1. The van der Waals surface area contributed by atoms with Crippen LogP contribution in [0.4, 0.5) is 0 Å². The lowest BCUT2D eigenvalue weighted by atomic mass is 10.0. The van der Waals surface area contributed by atoms with E-state index in [1.54, 1.807) is 30.7 Å². The molecule has 1 atom stereocenters. The van der Waals surface area contributed by atoms with E-state index in [9.17, 15) is 9.90 Å². The van der Waals surface area contributed by atoms with Crippen LogP contribution in [0.2, 0.25) is 0 Å². The molecular formula is C14H14N2O3. The van der Waals surface area contributed by atoms with Gasteiger partial charge in [0.25, 0.3) is 0 Å². The van der Waals surface area contributed by atoms with Gasteiger partial charge in [-0.1, -0.05) is 24.3 Å². The Hall–Kier alpha value is -2.27. The molecule has 1 aromatic carbocycles. The molecule has 0 aliphatic carbocycles. The molecule has 0 saturated heterocycles. The number of hydrogen-bond donors (Lipinski definition) is 2. The summed E-state index contributed by atoms with van der Waals surface area (Å²) in [7, 11) is 0. The number of carboxylic acids is 1. The van der Waals surface area contributed by atoms with Crippen LogP contribution in [0.3, 0.4) is 0 Å². The third kappa shape index (κ3) is 3.59. The summed E-state index contributed by atoms with van der Waals surface area (Å²) in [6.07, 6.45) is 4.29. The Bertz CT molecular complexity index is 540. The molecule has 2 N–H and O–H groups in total. The predicted octanol–water partition coefficient (Wildman–Crippen LogP) is 2.04. The first-order chi connectivity index (χ1) is 9.16. The second-order valence-electron chi connectivity index (χ2n) is 4.16. The van der Waals surface area contributed by atoms with Crippen LogP contribution in [0.25, 0.3) is 11.3 Å². The maximum atomic E-state index is 10.4. The molecule has 5 nitrogen and oxygen atoms in total. The van der Waals surface area contributed by atoms with Crippen molar-refractivity contribution in [2.24, 2.45) is 0 Å². The Morgan fingerprint density at radius 3 is 2.53 bits per heavy atom. The molecule has 0 saturated carbocycles. The van der Waals surface area contributed by atoms with Crippen molar-refractivity contribution in [2.75, 3.05) is 0 Å². The first-order valence-corrected chi connectivity index (χ1v) is 5.93. The highest BCUT2D eigenvalue weighted by molar-refractivity contribution is 5.66. The number of aliphatic hydroxyl groups is 1. The van der Waals surface area contributed by atoms with E-state index >= 15 is 0 Å². The quantitative estimate of drug-likeness (QED) is 0.857. The molecule has 0 amide bonds. The molecule has 0 radical (unpaired) electrons. The smallest absolute Gasteiger partial charge is 0.303 e. The number of aliphatic carboxylic acids is 1. The van der Waals surface area contributed by atoms with Crippen molar-refractivity contribution >= 4 is 5.97 Å². The Labute approximate surface area is 110 Å². The van der Waals surface area contributed by atoms with Crippen molar-refractivity contribution in [2.45, 2.75) is 18.9 Å². The highest BCUT2D eigenvalue weighted by atomic mass is 16.4. The minimum Gasteiger partial charge on any atom is -0.481 e. The van der Waals surface area contributed by atoms with E-state index in [0.29, 0.717) is 5.56 Å². The molecule has 0 spiro atoms. The number of aromatic nitrogens is 2. The zero-order chi connectivity index (χ0) is 13.7. The Balaban J connectivity index is 2.08. The zero-order valence-corrected chi connectivity index (χ0v) is 10.2. The molecule has 19 heavy (non-hydrogen) atoms. The Morgan fingerprint density at radius 1 is 1.21 bits per heavy atom. The second-order valence-corrected chi connectivity index (χ2v) is 4.16. The summed E-state index contributed by atoms with van der Waals surface area (Å²) < 4.78 is 0. The maximum absolute atomic E-state index is 10.4. The van der Waals surface area contributed by atoms with Gasteiger partial charge in [0.05, 0.1) is 18.0 Å². The summed E-state index contributed by atoms with van der Waals surface area (Å²) in [5, 5.41) is 18.4. The van der Waals surface area contributed by atoms with Crippen molar-refractivity contribution in [1.29, 1.82) is 0 Å². The van der Waals surface area contributed by atoms with E-state index < -0.39 is 12.1 Å². The van der Waals surface area contributed by atoms with E-state index in [4.69, 9.17) is 5.11 Å². The number of hydrogen-bond acceptors (Lipinski definition) is 4. The largest absolute Gasteiger partial charge is 0.481 e. The average molecular weight is 258 g/mol. The fraction of sp³-hybridized carbons (Fsp3) is 0.214. The lowest BCUT2D eigenvalue weighted by Gasteiger charge is -2.10. The lowest BCUT2D eigenvalue weighted by molar-refractivity contribution is -0.137. The van der Waals surface area contributed by atoms with Gasteiger partial charge >= 0.3 is 5.97 Å². The second kappa shape index (κ2) is 6.06. The van der Waals surface area contributed by atoms with E-state index in [1.807, 2.05) is 12.1 Å². The molecule has 1 aromatic heterocycles. The third-order valence-electron chi connectivity index (χ3n) is 2.79. The Morgan fingerprint density at radius 2 is 1.95 bits per heavy atom. The Kier molecular flexibility index (Phi) is 4.20. The number of nitrogens with zero attached hydrogens (tertiary/aromatic N) is 2. The van der Waals surface area contributed by atoms with Crippen molar-refractivity contribution < 1.29 is 15.0 Å². The van der Waals surface area contributed by atoms with Crippen LogP contribution < -0.4 is 0 Å². The summed E-state index contributed by atoms with van der Waals surface area (Å²) in [5.74, 6) is -0.907. The highest BCUT2D eigenvalue weighted by Crippen LogP contribution is 2.22. The summed E-state index contributed by atoms with van der Waals surface area (Å²) in [4.78, 5) is 18.6. The maximum Gasteiger partial charge on any atom is 0.303 e. The molecule has 98 valence electrons. The van der Waals surface area contributed by atoms with Crippen molar-refractivity contribution in [3.8, 4) is 11.3 Å². The number of carbonyl (C=O) groups is 1. The summed E-state index contributed by atoms with van der Waals surface area (Å²) in [6.45, 7) is 0. The van der Waals surface area contributed by atoms with E-state index in [1.165, 1.54) is 0 Å². The molecule has 1 unspecified atom stereocenters. The van der Waals surface area contributed by atoms with Crippen LogP contribution in [0, 0.1) is 0 Å². The standard InChI is InChI=1S/C14H14N2O3/c17-13(5-6-14(18)19)11-3-1-10(2-4-11)12-9-15-7-8-16-12/h1-4,7-9,13,17H,5-6H2,(H,18,19). The fourth-order valence-corrected chi connectivity index (χ4v) is 1.75. The molecule has 0 aliphatic heterocycles. The summed E-state index contributed by atoms with van der Waals surface area (Å²) in [5.41, 5.74) is 2.37. The number of carboxylic acid groups (broad SMARTS) is 1. The minimum absolute atomic E-state index is 0.0485. The minimum atomic E-state index is -0.907. The van der Waals surface area contributed by atoms with Gasteiger partial charge < -0.3 is 10.2 Å². The molecular weight excluding hydrogens is 244 g/mol. The lowest BCUT2D eigenvalue weighted by Crippen LogP contribution is -2.02. The van der Waals surface area contributed by atoms with Gasteiger partial charge in [0.2, 0.25) is 0 Å². The van der Waals surface area contributed by atoms with E-state index in [2.05, 4.69) is 9.97 Å². The van der Waals surface area contributed by atoms with Crippen LogP contribution in [0.5, 0.6) is 0 Å². The predicted molar refractivity (Wildman–Crippen MR) is 69.3 cm³/mol. The third-order valence-corrected chi connectivity index (χ3v) is 2.79. The van der Waals surface area contributed by atoms with Gasteiger partial charge in [-0.3, -0.25) is 14.8 Å². The molecule has 5 heteroatoms. The van der Waals surface area contributed by atoms with Crippen molar-refractivity contribution in [3.05, 3.63) is 48.4 Å². The normalized spacial score (nSPS) is 12.1. The van der Waals surface area contributed by atoms with Crippen molar-refractivity contribution in [1.82, 2.24) is 9.97 Å². The number of benzene rings is 1. The van der Waals surface area contributed by atoms with Crippen molar-refractivity contribution in [3.63, 3.8) is 0 Å². The monoisotopic (exact) mass is 258 g/mol. The molecule has 0 fully saturated rings. The van der Waals surface area contributed by atoms with Crippen LogP contribution >= 0.6 is 0 Å².